The van der Waals surface area contributed by atoms with Crippen LogP contribution in [-0.2, 0) is 20.7 Å². The summed E-state index contributed by atoms with van der Waals surface area (Å²) < 4.78 is 10.1. The first-order valence-electron chi connectivity index (χ1n) is 10.6. The summed E-state index contributed by atoms with van der Waals surface area (Å²) in [5.41, 5.74) is 2.12. The molecular formula is C23H37NO4. The number of ether oxygens (including phenoxy) is 2. The van der Waals surface area contributed by atoms with Crippen LogP contribution < -0.4 is 4.90 Å². The highest BCUT2D eigenvalue weighted by molar-refractivity contribution is 6.02. The molecule has 0 aliphatic heterocycles. The van der Waals surface area contributed by atoms with Crippen molar-refractivity contribution in [3.8, 4) is 0 Å². The first-order chi connectivity index (χ1) is 13.5. The van der Waals surface area contributed by atoms with Crippen molar-refractivity contribution in [1.82, 2.24) is 0 Å². The van der Waals surface area contributed by atoms with E-state index in [0.717, 1.165) is 18.4 Å². The molecular weight excluding hydrogens is 354 g/mol. The van der Waals surface area contributed by atoms with Gasteiger partial charge in [-0.15, -0.1) is 0 Å². The summed E-state index contributed by atoms with van der Waals surface area (Å²) in [6, 6.07) is 5.66. The summed E-state index contributed by atoms with van der Waals surface area (Å²) >= 11 is 0. The molecule has 0 saturated heterocycles. The molecule has 0 atom stereocenters. The maximum absolute atomic E-state index is 12.3. The van der Waals surface area contributed by atoms with Gasteiger partial charge in [0.1, 0.15) is 6.61 Å². The Labute approximate surface area is 170 Å². The number of anilines is 1. The minimum Gasteiger partial charge on any atom is -0.462 e. The predicted octanol–water partition coefficient (Wildman–Crippen LogP) is 5.16. The van der Waals surface area contributed by atoms with Gasteiger partial charge in [0, 0.05) is 14.2 Å². The molecule has 0 radical (unpaired) electrons. The molecule has 0 aromatic heterocycles. The zero-order valence-corrected chi connectivity index (χ0v) is 18.1. The van der Waals surface area contributed by atoms with Crippen molar-refractivity contribution in [1.29, 1.82) is 0 Å². The average Bonchev–Trinajstić information content (AvgIpc) is 2.69. The third kappa shape index (κ3) is 8.42. The van der Waals surface area contributed by atoms with Gasteiger partial charge < -0.3 is 14.4 Å². The topological polar surface area (TPSA) is 55.8 Å². The fraction of sp³-hybridized carbons (Fsp3) is 0.652. The van der Waals surface area contributed by atoms with Crippen LogP contribution >= 0.6 is 0 Å². The highest BCUT2D eigenvalue weighted by atomic mass is 16.5. The van der Waals surface area contributed by atoms with Crippen molar-refractivity contribution in [2.75, 3.05) is 32.3 Å². The normalized spacial score (nSPS) is 10.7. The summed E-state index contributed by atoms with van der Waals surface area (Å²) in [6.45, 7) is 4.28. The quantitative estimate of drug-likeness (QED) is 0.325. The van der Waals surface area contributed by atoms with Gasteiger partial charge in [-0.05, 0) is 37.5 Å². The number of carbonyl (C=O) groups is 2. The summed E-state index contributed by atoms with van der Waals surface area (Å²) in [4.78, 5) is 26.0. The van der Waals surface area contributed by atoms with Crippen LogP contribution in [-0.4, -0.2) is 39.2 Å². The Hall–Kier alpha value is -1.88. The number of amides is 1. The second-order valence-electron chi connectivity index (χ2n) is 7.18. The van der Waals surface area contributed by atoms with Crippen LogP contribution in [0.3, 0.4) is 0 Å². The summed E-state index contributed by atoms with van der Waals surface area (Å²) in [6.07, 6.45) is 11.1. The van der Waals surface area contributed by atoms with Crippen molar-refractivity contribution in [3.63, 3.8) is 0 Å². The summed E-state index contributed by atoms with van der Waals surface area (Å²) in [5.74, 6) is -0.606. The number of esters is 1. The van der Waals surface area contributed by atoms with E-state index in [9.17, 15) is 9.59 Å². The van der Waals surface area contributed by atoms with Crippen LogP contribution in [0.4, 0.5) is 5.69 Å². The molecule has 0 aliphatic rings. The monoisotopic (exact) mass is 391 g/mol. The molecule has 158 valence electrons. The largest absolute Gasteiger partial charge is 0.462 e. The highest BCUT2D eigenvalue weighted by Gasteiger charge is 2.20. The molecule has 28 heavy (non-hydrogen) atoms. The fourth-order valence-corrected chi connectivity index (χ4v) is 3.21. The lowest BCUT2D eigenvalue weighted by Crippen LogP contribution is -2.31. The van der Waals surface area contributed by atoms with Crippen molar-refractivity contribution in [2.24, 2.45) is 0 Å². The molecule has 1 rings (SSSR count). The van der Waals surface area contributed by atoms with Crippen LogP contribution in [0.5, 0.6) is 0 Å². The third-order valence-electron chi connectivity index (χ3n) is 4.88. The molecule has 0 aliphatic carbocycles. The number of benzene rings is 1. The van der Waals surface area contributed by atoms with Gasteiger partial charge in [-0.3, -0.25) is 4.79 Å². The maximum atomic E-state index is 12.3. The minimum absolute atomic E-state index is 0.0268. The van der Waals surface area contributed by atoms with E-state index < -0.39 is 5.97 Å². The SMILES string of the molecule is CCCCCCCCCCc1ccc(C(=O)OCC)c(N(C)C(=O)COC)c1. The van der Waals surface area contributed by atoms with E-state index in [0.29, 0.717) is 17.9 Å². The Kier molecular flexibility index (Phi) is 12.2. The molecule has 1 aromatic rings. The molecule has 0 unspecified atom stereocenters. The summed E-state index contributed by atoms with van der Waals surface area (Å²) in [7, 11) is 3.15. The lowest BCUT2D eigenvalue weighted by atomic mass is 10.0. The molecule has 0 heterocycles. The molecule has 0 bridgehead atoms. The van der Waals surface area contributed by atoms with Gasteiger partial charge in [0.05, 0.1) is 17.9 Å². The maximum Gasteiger partial charge on any atom is 0.340 e. The number of rotatable bonds is 14. The van der Waals surface area contributed by atoms with E-state index in [1.807, 2.05) is 12.1 Å². The van der Waals surface area contributed by atoms with Crippen LogP contribution in [0.1, 0.15) is 81.1 Å². The zero-order valence-electron chi connectivity index (χ0n) is 18.1. The Morgan fingerprint density at radius 2 is 1.61 bits per heavy atom. The van der Waals surface area contributed by atoms with Gasteiger partial charge in [0.25, 0.3) is 5.91 Å². The van der Waals surface area contributed by atoms with E-state index in [4.69, 9.17) is 9.47 Å². The Bertz CT molecular complexity index is 600. The van der Waals surface area contributed by atoms with E-state index >= 15 is 0 Å². The number of unbranched alkanes of at least 4 members (excludes halogenated alkanes) is 7. The van der Waals surface area contributed by atoms with Crippen LogP contribution in [0.2, 0.25) is 0 Å². The molecule has 0 spiro atoms. The Morgan fingerprint density at radius 1 is 0.964 bits per heavy atom. The molecule has 0 N–H and O–H groups in total. The van der Waals surface area contributed by atoms with Gasteiger partial charge in [0.2, 0.25) is 0 Å². The number of hydrogen-bond donors (Lipinski definition) is 0. The number of aryl methyl sites for hydroxylation is 1. The Balaban J connectivity index is 2.71. The summed E-state index contributed by atoms with van der Waals surface area (Å²) in [5, 5.41) is 0. The molecule has 5 nitrogen and oxygen atoms in total. The van der Waals surface area contributed by atoms with Gasteiger partial charge in [-0.2, -0.15) is 0 Å². The number of methoxy groups -OCH3 is 1. The third-order valence-corrected chi connectivity index (χ3v) is 4.88. The smallest absolute Gasteiger partial charge is 0.340 e. The van der Waals surface area contributed by atoms with Gasteiger partial charge in [-0.1, -0.05) is 57.9 Å². The standard InChI is InChI=1S/C23H37NO4/c1-5-7-8-9-10-11-12-13-14-19-15-16-20(23(26)28-6-2)21(17-19)24(3)22(25)18-27-4/h15-17H,5-14,18H2,1-4H3. The van der Waals surface area contributed by atoms with Crippen molar-refractivity contribution >= 4 is 17.6 Å². The van der Waals surface area contributed by atoms with Crippen molar-refractivity contribution in [3.05, 3.63) is 29.3 Å². The molecule has 5 heteroatoms. The van der Waals surface area contributed by atoms with E-state index in [2.05, 4.69) is 6.92 Å². The number of likely N-dealkylation sites (N-methyl/N-ethyl adjacent to an activating group) is 1. The highest BCUT2D eigenvalue weighted by Crippen LogP contribution is 2.24. The molecule has 0 saturated carbocycles. The molecule has 0 fully saturated rings. The number of nitrogens with zero attached hydrogens (tertiary/aromatic N) is 1. The van der Waals surface area contributed by atoms with Gasteiger partial charge in [0.15, 0.2) is 0 Å². The minimum atomic E-state index is -0.409. The number of carbonyl (C=O) groups excluding carboxylic acids is 2. The second kappa shape index (κ2) is 14.2. The molecule has 1 amide bonds. The van der Waals surface area contributed by atoms with Crippen molar-refractivity contribution in [2.45, 2.75) is 71.6 Å². The fourth-order valence-electron chi connectivity index (χ4n) is 3.21. The van der Waals surface area contributed by atoms with E-state index in [-0.39, 0.29) is 12.5 Å². The van der Waals surface area contributed by atoms with Crippen LogP contribution in [0.15, 0.2) is 18.2 Å². The van der Waals surface area contributed by atoms with E-state index in [1.165, 1.54) is 57.0 Å². The zero-order chi connectivity index (χ0) is 20.8. The molecule has 1 aromatic carbocycles. The van der Waals surface area contributed by atoms with Crippen LogP contribution in [0.25, 0.3) is 0 Å². The van der Waals surface area contributed by atoms with Gasteiger partial charge in [-0.25, -0.2) is 4.79 Å². The Morgan fingerprint density at radius 3 is 2.21 bits per heavy atom. The first kappa shape index (κ1) is 24.2. The first-order valence-corrected chi connectivity index (χ1v) is 10.6. The van der Waals surface area contributed by atoms with Crippen LogP contribution in [0, 0.1) is 0 Å². The average molecular weight is 392 g/mol. The van der Waals surface area contributed by atoms with Crippen molar-refractivity contribution < 1.29 is 19.1 Å². The lowest BCUT2D eigenvalue weighted by molar-refractivity contribution is -0.121. The van der Waals surface area contributed by atoms with Gasteiger partial charge >= 0.3 is 5.97 Å². The van der Waals surface area contributed by atoms with E-state index in [1.54, 1.807) is 20.0 Å². The number of hydrogen-bond acceptors (Lipinski definition) is 4. The second-order valence-corrected chi connectivity index (χ2v) is 7.18. The lowest BCUT2D eigenvalue weighted by Gasteiger charge is -2.21. The predicted molar refractivity (Wildman–Crippen MR) is 114 cm³/mol.